The van der Waals surface area contributed by atoms with Crippen LogP contribution in [0.4, 0.5) is 4.79 Å². The normalized spacial score (nSPS) is 27.9. The number of aliphatic hydroxyl groups excluding tert-OH is 2. The lowest BCUT2D eigenvalue weighted by atomic mass is 9.81. The number of aliphatic carboxylic acids is 1. The van der Waals surface area contributed by atoms with Crippen LogP contribution in [-0.2, 0) is 16.1 Å². The largest absolute Gasteiger partial charge is 0.481 e. The topological polar surface area (TPSA) is 116 Å². The first kappa shape index (κ1) is 16.3. The van der Waals surface area contributed by atoms with Crippen molar-refractivity contribution in [1.82, 2.24) is 5.32 Å². The number of carboxylic acid groups (broad SMARTS) is 1. The number of ether oxygens (including phenoxy) is 1. The Morgan fingerprint density at radius 2 is 1.77 bits per heavy atom. The first-order valence-electron chi connectivity index (χ1n) is 7.03. The van der Waals surface area contributed by atoms with Crippen molar-refractivity contribution in [2.24, 2.45) is 5.92 Å². The number of benzene rings is 1. The number of nitrogens with one attached hydrogen (secondary N) is 1. The maximum atomic E-state index is 11.8. The summed E-state index contributed by atoms with van der Waals surface area (Å²) < 4.78 is 5.03. The number of amides is 1. The summed E-state index contributed by atoms with van der Waals surface area (Å²) >= 11 is 0. The van der Waals surface area contributed by atoms with E-state index in [4.69, 9.17) is 9.84 Å². The van der Waals surface area contributed by atoms with E-state index in [0.717, 1.165) is 5.56 Å². The van der Waals surface area contributed by atoms with E-state index in [-0.39, 0.29) is 19.4 Å². The Hall–Kier alpha value is -2.12. The zero-order valence-corrected chi connectivity index (χ0v) is 11.9. The highest BCUT2D eigenvalue weighted by molar-refractivity contribution is 5.73. The molecule has 1 aromatic carbocycles. The van der Waals surface area contributed by atoms with E-state index in [1.165, 1.54) is 0 Å². The molecule has 1 saturated carbocycles. The number of aliphatic hydroxyl groups is 2. The maximum absolute atomic E-state index is 11.8. The first-order chi connectivity index (χ1) is 10.5. The summed E-state index contributed by atoms with van der Waals surface area (Å²) in [6.45, 7) is 0.0717. The highest BCUT2D eigenvalue weighted by atomic mass is 16.5. The number of hydrogen-bond donors (Lipinski definition) is 4. The molecule has 1 amide bonds. The first-order valence-corrected chi connectivity index (χ1v) is 7.03. The Labute approximate surface area is 127 Å². The van der Waals surface area contributed by atoms with Crippen molar-refractivity contribution in [2.75, 3.05) is 0 Å². The summed E-state index contributed by atoms with van der Waals surface area (Å²) in [5, 5.41) is 30.8. The lowest BCUT2D eigenvalue weighted by Gasteiger charge is -2.35. The van der Waals surface area contributed by atoms with Gasteiger partial charge in [0.2, 0.25) is 0 Å². The molecule has 7 heteroatoms. The Bertz CT molecular complexity index is 520. The summed E-state index contributed by atoms with van der Waals surface area (Å²) in [6.07, 6.45) is -3.04. The number of rotatable bonds is 4. The summed E-state index contributed by atoms with van der Waals surface area (Å²) in [4.78, 5) is 23.0. The van der Waals surface area contributed by atoms with E-state index in [1.54, 1.807) is 12.1 Å². The molecule has 0 heterocycles. The zero-order chi connectivity index (χ0) is 16.1. The number of carbonyl (C=O) groups is 2. The molecule has 0 unspecified atom stereocenters. The molecule has 7 nitrogen and oxygen atoms in total. The molecule has 0 spiro atoms. The number of alkyl carbamates (subject to hydrolysis) is 1. The second kappa shape index (κ2) is 7.24. The van der Waals surface area contributed by atoms with Crippen LogP contribution in [0.15, 0.2) is 30.3 Å². The van der Waals surface area contributed by atoms with Crippen molar-refractivity contribution < 1.29 is 29.6 Å². The fourth-order valence-electron chi connectivity index (χ4n) is 2.51. The monoisotopic (exact) mass is 309 g/mol. The van der Waals surface area contributed by atoms with Gasteiger partial charge in [-0.1, -0.05) is 30.3 Å². The molecule has 0 bridgehead atoms. The van der Waals surface area contributed by atoms with Crippen LogP contribution >= 0.6 is 0 Å². The average Bonchev–Trinajstić information content (AvgIpc) is 2.49. The molecule has 0 radical (unpaired) electrons. The van der Waals surface area contributed by atoms with Crippen LogP contribution in [0.2, 0.25) is 0 Å². The minimum atomic E-state index is -1.13. The third kappa shape index (κ3) is 4.19. The second-order valence-corrected chi connectivity index (χ2v) is 5.36. The fraction of sp³-hybridized carbons (Fsp3) is 0.467. The van der Waals surface area contributed by atoms with Crippen molar-refractivity contribution in [3.63, 3.8) is 0 Å². The molecule has 0 aliphatic heterocycles. The molecule has 0 aromatic heterocycles. The van der Waals surface area contributed by atoms with Gasteiger partial charge < -0.3 is 25.4 Å². The predicted octanol–water partition coefficient (Wildman–Crippen LogP) is 0.498. The molecule has 1 fully saturated rings. The number of hydrogen-bond acceptors (Lipinski definition) is 5. The minimum absolute atomic E-state index is 0.0292. The molecule has 120 valence electrons. The van der Waals surface area contributed by atoms with Gasteiger partial charge in [0.05, 0.1) is 18.1 Å². The van der Waals surface area contributed by atoms with Gasteiger partial charge in [-0.2, -0.15) is 0 Å². The number of carbonyl (C=O) groups excluding carboxylic acids is 1. The SMILES string of the molecule is O=C(N[C@H]1C[C@@H](O)[C@@H](O)C[C@H]1C(=O)O)OCc1ccccc1. The smallest absolute Gasteiger partial charge is 0.407 e. The van der Waals surface area contributed by atoms with Crippen LogP contribution in [-0.4, -0.2) is 45.6 Å². The van der Waals surface area contributed by atoms with Gasteiger partial charge in [0.1, 0.15) is 6.61 Å². The second-order valence-electron chi connectivity index (χ2n) is 5.36. The van der Waals surface area contributed by atoms with Crippen LogP contribution in [0, 0.1) is 5.92 Å². The van der Waals surface area contributed by atoms with E-state index < -0.39 is 36.2 Å². The number of carboxylic acids is 1. The van der Waals surface area contributed by atoms with Gasteiger partial charge in [-0.15, -0.1) is 0 Å². The lowest BCUT2D eigenvalue weighted by Crippen LogP contribution is -2.52. The molecule has 0 saturated heterocycles. The Morgan fingerprint density at radius 1 is 1.14 bits per heavy atom. The van der Waals surface area contributed by atoms with Gasteiger partial charge in [0.15, 0.2) is 0 Å². The molecule has 4 N–H and O–H groups in total. The Morgan fingerprint density at radius 3 is 2.41 bits per heavy atom. The standard InChI is InChI=1S/C15H19NO6/c17-12-6-10(14(19)20)11(7-13(12)18)16-15(21)22-8-9-4-2-1-3-5-9/h1-5,10-13,17-18H,6-8H2,(H,16,21)(H,19,20)/t10-,11+,12+,13-/m1/s1. The van der Waals surface area contributed by atoms with Crippen LogP contribution < -0.4 is 5.32 Å². The third-order valence-corrected chi connectivity index (χ3v) is 3.75. The third-order valence-electron chi connectivity index (χ3n) is 3.75. The molecule has 4 atom stereocenters. The van der Waals surface area contributed by atoms with Crippen LogP contribution in [0.1, 0.15) is 18.4 Å². The molecule has 22 heavy (non-hydrogen) atoms. The van der Waals surface area contributed by atoms with Crippen molar-refractivity contribution >= 4 is 12.1 Å². The van der Waals surface area contributed by atoms with Crippen molar-refractivity contribution in [2.45, 2.75) is 37.7 Å². The molecule has 1 aliphatic carbocycles. The van der Waals surface area contributed by atoms with Crippen LogP contribution in [0.3, 0.4) is 0 Å². The molecule has 1 aliphatic rings. The van der Waals surface area contributed by atoms with Crippen molar-refractivity contribution in [3.05, 3.63) is 35.9 Å². The quantitative estimate of drug-likeness (QED) is 0.643. The van der Waals surface area contributed by atoms with Gasteiger partial charge in [-0.25, -0.2) is 4.79 Å². The summed E-state index contributed by atoms with van der Waals surface area (Å²) in [5.41, 5.74) is 0.812. The highest BCUT2D eigenvalue weighted by Gasteiger charge is 2.40. The van der Waals surface area contributed by atoms with E-state index in [0.29, 0.717) is 0 Å². The van der Waals surface area contributed by atoms with Gasteiger partial charge >= 0.3 is 12.1 Å². The van der Waals surface area contributed by atoms with E-state index in [9.17, 15) is 19.8 Å². The van der Waals surface area contributed by atoms with Gasteiger partial charge in [0, 0.05) is 6.04 Å². The molecule has 2 rings (SSSR count). The Balaban J connectivity index is 1.89. The fourth-order valence-corrected chi connectivity index (χ4v) is 2.51. The van der Waals surface area contributed by atoms with Gasteiger partial charge in [0.25, 0.3) is 0 Å². The minimum Gasteiger partial charge on any atom is -0.481 e. The zero-order valence-electron chi connectivity index (χ0n) is 11.9. The van der Waals surface area contributed by atoms with E-state index >= 15 is 0 Å². The molecular weight excluding hydrogens is 290 g/mol. The Kier molecular flexibility index (Phi) is 5.35. The van der Waals surface area contributed by atoms with Crippen LogP contribution in [0.5, 0.6) is 0 Å². The summed E-state index contributed by atoms with van der Waals surface area (Å²) in [6, 6.07) is 8.29. The van der Waals surface area contributed by atoms with E-state index in [2.05, 4.69) is 5.32 Å². The summed E-state index contributed by atoms with van der Waals surface area (Å²) in [7, 11) is 0. The maximum Gasteiger partial charge on any atom is 0.407 e. The molecular formula is C15H19NO6. The van der Waals surface area contributed by atoms with Gasteiger partial charge in [-0.3, -0.25) is 4.79 Å². The van der Waals surface area contributed by atoms with Crippen molar-refractivity contribution in [3.8, 4) is 0 Å². The highest BCUT2D eigenvalue weighted by Crippen LogP contribution is 2.25. The van der Waals surface area contributed by atoms with Gasteiger partial charge in [-0.05, 0) is 18.4 Å². The molecule has 1 aromatic rings. The van der Waals surface area contributed by atoms with Crippen molar-refractivity contribution in [1.29, 1.82) is 0 Å². The predicted molar refractivity (Wildman–Crippen MR) is 75.9 cm³/mol. The lowest BCUT2D eigenvalue weighted by molar-refractivity contribution is -0.147. The average molecular weight is 309 g/mol. The summed E-state index contributed by atoms with van der Waals surface area (Å²) in [5.74, 6) is -2.08. The van der Waals surface area contributed by atoms with E-state index in [1.807, 2.05) is 18.2 Å². The van der Waals surface area contributed by atoms with Crippen LogP contribution in [0.25, 0.3) is 0 Å².